The molecule has 0 saturated heterocycles. The number of amides is 1. The van der Waals surface area contributed by atoms with E-state index >= 15 is 0 Å². The standard InChI is InChI=1S/C19H21NO2/c1-19(2,3)22-18(21)20(17-12-8-5-9-13-17)15-14-16-10-6-4-7-11-16/h4-15H,1-3H3/b15-14+. The molecule has 0 bridgehead atoms. The molecule has 2 aromatic carbocycles. The van der Waals surface area contributed by atoms with Gasteiger partial charge in [0.25, 0.3) is 0 Å². The number of carbonyl (C=O) groups excluding carboxylic acids is 1. The van der Waals surface area contributed by atoms with E-state index in [4.69, 9.17) is 4.74 Å². The molecule has 22 heavy (non-hydrogen) atoms. The van der Waals surface area contributed by atoms with Crippen LogP contribution < -0.4 is 4.90 Å². The first-order valence-corrected chi connectivity index (χ1v) is 7.26. The van der Waals surface area contributed by atoms with Gasteiger partial charge in [0.1, 0.15) is 5.60 Å². The molecule has 0 N–H and O–H groups in total. The van der Waals surface area contributed by atoms with Crippen LogP contribution in [0.4, 0.5) is 10.5 Å². The summed E-state index contributed by atoms with van der Waals surface area (Å²) < 4.78 is 5.48. The number of nitrogens with zero attached hydrogens (tertiary/aromatic N) is 1. The van der Waals surface area contributed by atoms with Crippen LogP contribution in [-0.4, -0.2) is 11.7 Å². The average molecular weight is 295 g/mol. The van der Waals surface area contributed by atoms with Crippen molar-refractivity contribution >= 4 is 17.9 Å². The molecular weight excluding hydrogens is 274 g/mol. The molecule has 0 aliphatic rings. The highest BCUT2D eigenvalue weighted by molar-refractivity contribution is 5.90. The van der Waals surface area contributed by atoms with Gasteiger partial charge in [-0.1, -0.05) is 48.5 Å². The van der Waals surface area contributed by atoms with Crippen LogP contribution >= 0.6 is 0 Å². The molecule has 114 valence electrons. The predicted molar refractivity (Wildman–Crippen MR) is 90.6 cm³/mol. The van der Waals surface area contributed by atoms with Crippen molar-refractivity contribution in [2.75, 3.05) is 4.90 Å². The van der Waals surface area contributed by atoms with E-state index in [2.05, 4.69) is 0 Å². The van der Waals surface area contributed by atoms with Crippen molar-refractivity contribution in [3.63, 3.8) is 0 Å². The molecule has 0 atom stereocenters. The number of carbonyl (C=O) groups is 1. The Morgan fingerprint density at radius 2 is 1.50 bits per heavy atom. The van der Waals surface area contributed by atoms with Gasteiger partial charge >= 0.3 is 6.09 Å². The van der Waals surface area contributed by atoms with E-state index in [1.54, 1.807) is 6.20 Å². The number of rotatable bonds is 3. The van der Waals surface area contributed by atoms with Crippen molar-refractivity contribution < 1.29 is 9.53 Å². The van der Waals surface area contributed by atoms with Crippen LogP contribution in [0.25, 0.3) is 6.08 Å². The third kappa shape index (κ3) is 4.77. The summed E-state index contributed by atoms with van der Waals surface area (Å²) in [5.41, 5.74) is 1.25. The molecule has 0 saturated carbocycles. The summed E-state index contributed by atoms with van der Waals surface area (Å²) in [6.45, 7) is 5.57. The summed E-state index contributed by atoms with van der Waals surface area (Å²) in [4.78, 5) is 13.9. The van der Waals surface area contributed by atoms with Crippen molar-refractivity contribution in [1.82, 2.24) is 0 Å². The van der Waals surface area contributed by atoms with E-state index in [9.17, 15) is 4.79 Å². The van der Waals surface area contributed by atoms with Crippen molar-refractivity contribution in [3.8, 4) is 0 Å². The fourth-order valence-corrected chi connectivity index (χ4v) is 1.88. The van der Waals surface area contributed by atoms with Crippen molar-refractivity contribution in [1.29, 1.82) is 0 Å². The van der Waals surface area contributed by atoms with E-state index in [1.807, 2.05) is 87.5 Å². The van der Waals surface area contributed by atoms with Crippen LogP contribution in [0.3, 0.4) is 0 Å². The van der Waals surface area contributed by atoms with Gasteiger partial charge in [0, 0.05) is 6.20 Å². The maximum atomic E-state index is 12.4. The molecule has 0 unspecified atom stereocenters. The van der Waals surface area contributed by atoms with E-state index in [-0.39, 0.29) is 0 Å². The summed E-state index contributed by atoms with van der Waals surface area (Å²) in [7, 11) is 0. The zero-order valence-corrected chi connectivity index (χ0v) is 13.2. The Kier molecular flexibility index (Phi) is 4.99. The van der Waals surface area contributed by atoms with E-state index in [0.717, 1.165) is 11.3 Å². The molecular formula is C19H21NO2. The first-order valence-electron chi connectivity index (χ1n) is 7.26. The molecule has 0 heterocycles. The van der Waals surface area contributed by atoms with Crippen LogP contribution in [0.2, 0.25) is 0 Å². The van der Waals surface area contributed by atoms with Gasteiger partial charge < -0.3 is 4.74 Å². The number of para-hydroxylation sites is 1. The highest BCUT2D eigenvalue weighted by atomic mass is 16.6. The Labute approximate surface area is 131 Å². The number of anilines is 1. The summed E-state index contributed by atoms with van der Waals surface area (Å²) in [6, 6.07) is 19.3. The van der Waals surface area contributed by atoms with E-state index in [1.165, 1.54) is 4.90 Å². The molecule has 2 rings (SSSR count). The van der Waals surface area contributed by atoms with Gasteiger partial charge in [-0.3, -0.25) is 4.90 Å². The Hall–Kier alpha value is -2.55. The smallest absolute Gasteiger partial charge is 0.418 e. The van der Waals surface area contributed by atoms with Crippen LogP contribution in [0.15, 0.2) is 66.9 Å². The summed E-state index contributed by atoms with van der Waals surface area (Å²) in [6.07, 6.45) is 3.22. The van der Waals surface area contributed by atoms with Crippen molar-refractivity contribution in [3.05, 3.63) is 72.4 Å². The minimum Gasteiger partial charge on any atom is -0.443 e. The number of ether oxygens (including phenoxy) is 1. The summed E-state index contributed by atoms with van der Waals surface area (Å²) in [5.74, 6) is 0. The SMILES string of the molecule is CC(C)(C)OC(=O)N(/C=C/c1ccccc1)c1ccccc1. The zero-order chi connectivity index (χ0) is 16.0. The first-order chi connectivity index (χ1) is 10.5. The van der Waals surface area contributed by atoms with Crippen LogP contribution in [-0.2, 0) is 4.74 Å². The Morgan fingerprint density at radius 1 is 0.955 bits per heavy atom. The summed E-state index contributed by atoms with van der Waals surface area (Å²) >= 11 is 0. The van der Waals surface area contributed by atoms with Crippen LogP contribution in [0.5, 0.6) is 0 Å². The van der Waals surface area contributed by atoms with Gasteiger partial charge in [-0.05, 0) is 44.5 Å². The second-order valence-corrected chi connectivity index (χ2v) is 5.91. The molecule has 0 radical (unpaired) electrons. The lowest BCUT2D eigenvalue weighted by molar-refractivity contribution is 0.0597. The highest BCUT2D eigenvalue weighted by Gasteiger charge is 2.21. The predicted octanol–water partition coefficient (Wildman–Crippen LogP) is 5.10. The fraction of sp³-hybridized carbons (Fsp3) is 0.211. The molecule has 1 amide bonds. The largest absolute Gasteiger partial charge is 0.443 e. The molecule has 3 nitrogen and oxygen atoms in total. The molecule has 0 fully saturated rings. The van der Waals surface area contributed by atoms with Crippen molar-refractivity contribution in [2.24, 2.45) is 0 Å². The quantitative estimate of drug-likeness (QED) is 0.788. The van der Waals surface area contributed by atoms with Crippen molar-refractivity contribution in [2.45, 2.75) is 26.4 Å². The minimum absolute atomic E-state index is 0.397. The third-order valence-electron chi connectivity index (χ3n) is 2.84. The van der Waals surface area contributed by atoms with Gasteiger partial charge in [0.15, 0.2) is 0 Å². The molecule has 2 aromatic rings. The third-order valence-corrected chi connectivity index (χ3v) is 2.84. The lowest BCUT2D eigenvalue weighted by Crippen LogP contribution is -2.33. The maximum Gasteiger partial charge on any atom is 0.418 e. The normalized spacial score (nSPS) is 11.4. The molecule has 0 aliphatic carbocycles. The minimum atomic E-state index is -0.537. The molecule has 0 aromatic heterocycles. The number of hydrogen-bond donors (Lipinski definition) is 0. The van der Waals surface area contributed by atoms with Gasteiger partial charge in [-0.2, -0.15) is 0 Å². The van der Waals surface area contributed by atoms with Gasteiger partial charge in [0.2, 0.25) is 0 Å². The number of benzene rings is 2. The lowest BCUT2D eigenvalue weighted by atomic mass is 10.2. The van der Waals surface area contributed by atoms with Gasteiger partial charge in [0.05, 0.1) is 5.69 Å². The second-order valence-electron chi connectivity index (χ2n) is 5.91. The Bertz CT molecular complexity index is 627. The van der Waals surface area contributed by atoms with Gasteiger partial charge in [-0.15, -0.1) is 0 Å². The Balaban J connectivity index is 2.26. The summed E-state index contributed by atoms with van der Waals surface area (Å²) in [5, 5.41) is 0. The highest BCUT2D eigenvalue weighted by Crippen LogP contribution is 2.19. The zero-order valence-electron chi connectivity index (χ0n) is 13.2. The van der Waals surface area contributed by atoms with Crippen LogP contribution in [0.1, 0.15) is 26.3 Å². The second kappa shape index (κ2) is 6.94. The average Bonchev–Trinajstić information content (AvgIpc) is 2.48. The maximum absolute atomic E-state index is 12.4. The molecule has 3 heteroatoms. The molecule has 0 aliphatic heterocycles. The van der Waals surface area contributed by atoms with Gasteiger partial charge in [-0.25, -0.2) is 4.79 Å². The number of hydrogen-bond acceptors (Lipinski definition) is 2. The van der Waals surface area contributed by atoms with Crippen LogP contribution in [0, 0.1) is 0 Å². The Morgan fingerprint density at radius 3 is 2.05 bits per heavy atom. The van der Waals surface area contributed by atoms with E-state index in [0.29, 0.717) is 0 Å². The van der Waals surface area contributed by atoms with E-state index < -0.39 is 11.7 Å². The molecule has 0 spiro atoms. The topological polar surface area (TPSA) is 29.5 Å². The fourth-order valence-electron chi connectivity index (χ4n) is 1.88. The first kappa shape index (κ1) is 15.8. The lowest BCUT2D eigenvalue weighted by Gasteiger charge is -2.25. The monoisotopic (exact) mass is 295 g/mol.